The molecule has 8 rings (SSSR count). The van der Waals surface area contributed by atoms with E-state index < -0.39 is 0 Å². The van der Waals surface area contributed by atoms with Gasteiger partial charge in [0.2, 0.25) is 0 Å². The summed E-state index contributed by atoms with van der Waals surface area (Å²) in [5.74, 6) is 0.493. The van der Waals surface area contributed by atoms with E-state index in [0.29, 0.717) is 5.92 Å². The van der Waals surface area contributed by atoms with E-state index in [0.717, 1.165) is 24.0 Å². The van der Waals surface area contributed by atoms with Crippen molar-refractivity contribution < 1.29 is 4.42 Å². The van der Waals surface area contributed by atoms with Crippen molar-refractivity contribution in [1.82, 2.24) is 0 Å². The molecule has 1 heteroatoms. The van der Waals surface area contributed by atoms with Crippen LogP contribution < -0.4 is 0 Å². The van der Waals surface area contributed by atoms with Gasteiger partial charge in [0.05, 0.1) is 0 Å². The zero-order valence-corrected chi connectivity index (χ0v) is 22.4. The largest absolute Gasteiger partial charge is 0.456 e. The minimum atomic E-state index is -0.0608. The minimum Gasteiger partial charge on any atom is -0.456 e. The molecule has 0 radical (unpaired) electrons. The Labute approximate surface area is 228 Å². The maximum atomic E-state index is 6.41. The molecule has 0 fully saturated rings. The zero-order chi connectivity index (χ0) is 26.1. The Balaban J connectivity index is 1.40. The second-order valence-electron chi connectivity index (χ2n) is 11.3. The van der Waals surface area contributed by atoms with Crippen molar-refractivity contribution in [3.8, 4) is 11.1 Å². The fraction of sp³-hybridized carbons (Fsp3) is 0.158. The average Bonchev–Trinajstić information content (AvgIpc) is 3.52. The van der Waals surface area contributed by atoms with Gasteiger partial charge in [0.15, 0.2) is 0 Å². The van der Waals surface area contributed by atoms with E-state index in [1.165, 1.54) is 60.1 Å². The van der Waals surface area contributed by atoms with Crippen molar-refractivity contribution in [2.45, 2.75) is 32.1 Å². The maximum absolute atomic E-state index is 6.41. The molecule has 1 aromatic heterocycles. The number of benzene rings is 6. The molecule has 0 bridgehead atoms. The van der Waals surface area contributed by atoms with Gasteiger partial charge in [-0.05, 0) is 73.8 Å². The summed E-state index contributed by atoms with van der Waals surface area (Å²) in [7, 11) is 0. The third-order valence-corrected chi connectivity index (χ3v) is 9.45. The van der Waals surface area contributed by atoms with Crippen LogP contribution >= 0.6 is 0 Å². The molecule has 0 N–H and O–H groups in total. The molecule has 0 saturated heterocycles. The first-order chi connectivity index (χ1) is 19.2. The van der Waals surface area contributed by atoms with Crippen LogP contribution in [0.2, 0.25) is 0 Å². The van der Waals surface area contributed by atoms with E-state index in [2.05, 4.69) is 129 Å². The Morgan fingerprint density at radius 2 is 1.18 bits per heavy atom. The van der Waals surface area contributed by atoms with E-state index in [1.807, 2.05) is 0 Å². The normalized spacial score (nSPS) is 14.7. The van der Waals surface area contributed by atoms with Crippen molar-refractivity contribution in [3.63, 3.8) is 0 Å². The van der Waals surface area contributed by atoms with E-state index in [-0.39, 0.29) is 5.41 Å². The van der Waals surface area contributed by atoms with Crippen LogP contribution in [-0.4, -0.2) is 0 Å². The monoisotopic (exact) mass is 502 g/mol. The lowest BCUT2D eigenvalue weighted by Gasteiger charge is -2.38. The van der Waals surface area contributed by atoms with Gasteiger partial charge in [-0.15, -0.1) is 0 Å². The van der Waals surface area contributed by atoms with Gasteiger partial charge < -0.3 is 4.42 Å². The Hall–Kier alpha value is -4.36. The molecule has 1 nitrogen and oxygen atoms in total. The predicted molar refractivity (Wildman–Crippen MR) is 165 cm³/mol. The van der Waals surface area contributed by atoms with Crippen LogP contribution in [0.15, 0.2) is 120 Å². The Bertz CT molecular complexity index is 2010. The van der Waals surface area contributed by atoms with Crippen LogP contribution in [0.1, 0.15) is 37.0 Å². The number of fused-ring (bicyclic) bond motifs is 10. The molecule has 39 heavy (non-hydrogen) atoms. The molecule has 1 heterocycles. The predicted octanol–water partition coefficient (Wildman–Crippen LogP) is 10.4. The Morgan fingerprint density at radius 1 is 0.615 bits per heavy atom. The maximum Gasteiger partial charge on any atom is 0.136 e. The zero-order valence-electron chi connectivity index (χ0n) is 22.4. The van der Waals surface area contributed by atoms with Gasteiger partial charge in [-0.2, -0.15) is 0 Å². The molecule has 1 aliphatic rings. The van der Waals surface area contributed by atoms with Crippen molar-refractivity contribution in [2.24, 2.45) is 5.92 Å². The standard InChI is InChI=1S/C38H30O/c1-3-24(2)38(32-14-8-6-12-29(32)30-13-7-9-15-33(30)38)23-25-16-17-27-19-21-35-37(31(27)22-25)36-28-11-5-4-10-26(28)18-20-34(36)39-35/h4-22,24H,3,23H2,1-2H3. The highest BCUT2D eigenvalue weighted by atomic mass is 16.3. The highest BCUT2D eigenvalue weighted by molar-refractivity contribution is 6.26. The molecule has 1 unspecified atom stereocenters. The highest BCUT2D eigenvalue weighted by Gasteiger charge is 2.46. The van der Waals surface area contributed by atoms with Gasteiger partial charge in [0.25, 0.3) is 0 Å². The average molecular weight is 503 g/mol. The lowest BCUT2D eigenvalue weighted by atomic mass is 9.64. The van der Waals surface area contributed by atoms with Gasteiger partial charge >= 0.3 is 0 Å². The van der Waals surface area contributed by atoms with Crippen molar-refractivity contribution in [2.75, 3.05) is 0 Å². The molecular weight excluding hydrogens is 472 g/mol. The number of hydrogen-bond acceptors (Lipinski definition) is 1. The second-order valence-corrected chi connectivity index (χ2v) is 11.3. The fourth-order valence-electron chi connectivity index (χ4n) is 7.44. The van der Waals surface area contributed by atoms with Crippen LogP contribution in [0.5, 0.6) is 0 Å². The van der Waals surface area contributed by atoms with Crippen LogP contribution in [0.4, 0.5) is 0 Å². The summed E-state index contributed by atoms with van der Waals surface area (Å²) in [5, 5.41) is 7.48. The van der Waals surface area contributed by atoms with Gasteiger partial charge in [-0.3, -0.25) is 0 Å². The molecule has 1 aliphatic carbocycles. The summed E-state index contributed by atoms with van der Waals surface area (Å²) in [6.07, 6.45) is 2.09. The van der Waals surface area contributed by atoms with Crippen LogP contribution in [0, 0.1) is 5.92 Å². The lowest BCUT2D eigenvalue weighted by molar-refractivity contribution is 0.339. The van der Waals surface area contributed by atoms with Crippen molar-refractivity contribution in [1.29, 1.82) is 0 Å². The summed E-state index contributed by atoms with van der Waals surface area (Å²) >= 11 is 0. The molecule has 7 aromatic rings. The van der Waals surface area contributed by atoms with Gasteiger partial charge in [0, 0.05) is 16.2 Å². The number of rotatable bonds is 4. The summed E-state index contributed by atoms with van der Waals surface area (Å²) < 4.78 is 6.41. The number of furan rings is 1. The van der Waals surface area contributed by atoms with Gasteiger partial charge in [0.1, 0.15) is 11.2 Å². The highest BCUT2D eigenvalue weighted by Crippen LogP contribution is 2.55. The number of hydrogen-bond donors (Lipinski definition) is 0. The van der Waals surface area contributed by atoms with E-state index in [9.17, 15) is 0 Å². The topological polar surface area (TPSA) is 13.1 Å². The summed E-state index contributed by atoms with van der Waals surface area (Å²) in [6, 6.07) is 42.5. The first-order valence-electron chi connectivity index (χ1n) is 14.1. The first kappa shape index (κ1) is 22.6. The van der Waals surface area contributed by atoms with Gasteiger partial charge in [-0.1, -0.05) is 123 Å². The quantitative estimate of drug-likeness (QED) is 0.233. The first-order valence-corrected chi connectivity index (χ1v) is 14.1. The van der Waals surface area contributed by atoms with Crippen LogP contribution in [-0.2, 0) is 11.8 Å². The van der Waals surface area contributed by atoms with E-state index in [1.54, 1.807) is 0 Å². The van der Waals surface area contributed by atoms with E-state index >= 15 is 0 Å². The summed E-state index contributed by atoms with van der Waals surface area (Å²) in [6.45, 7) is 4.77. The van der Waals surface area contributed by atoms with E-state index in [4.69, 9.17) is 4.42 Å². The second kappa shape index (κ2) is 8.32. The summed E-state index contributed by atoms with van der Waals surface area (Å²) in [4.78, 5) is 0. The molecule has 0 amide bonds. The Morgan fingerprint density at radius 3 is 1.87 bits per heavy atom. The Kier molecular flexibility index (Phi) is 4.82. The molecule has 1 atom stereocenters. The van der Waals surface area contributed by atoms with Crippen LogP contribution in [0.3, 0.4) is 0 Å². The molecular formula is C38H30O. The lowest BCUT2D eigenvalue weighted by Crippen LogP contribution is -2.35. The molecule has 6 aromatic carbocycles. The minimum absolute atomic E-state index is 0.0608. The fourth-order valence-corrected chi connectivity index (χ4v) is 7.44. The molecule has 188 valence electrons. The SMILES string of the molecule is CCC(C)C1(Cc2ccc3ccc4oc5ccc6ccccc6c5c4c3c2)c2ccccc2-c2ccccc21. The third-order valence-electron chi connectivity index (χ3n) is 9.45. The van der Waals surface area contributed by atoms with Crippen molar-refractivity contribution in [3.05, 3.63) is 132 Å². The smallest absolute Gasteiger partial charge is 0.136 e. The van der Waals surface area contributed by atoms with Crippen LogP contribution in [0.25, 0.3) is 54.6 Å². The third kappa shape index (κ3) is 3.08. The van der Waals surface area contributed by atoms with Crippen molar-refractivity contribution >= 4 is 43.5 Å². The van der Waals surface area contributed by atoms with Gasteiger partial charge in [-0.25, -0.2) is 0 Å². The molecule has 0 spiro atoms. The summed E-state index contributed by atoms with van der Waals surface area (Å²) in [5.41, 5.74) is 8.95. The molecule has 0 saturated carbocycles. The molecule has 0 aliphatic heterocycles.